The Kier molecular flexibility index (Phi) is 4.81. The Labute approximate surface area is 121 Å². The number of hydrogen-bond donors (Lipinski definition) is 2. The molecule has 0 fully saturated rings. The minimum absolute atomic E-state index is 0.0971. The summed E-state index contributed by atoms with van der Waals surface area (Å²) in [5, 5.41) is 9.25. The summed E-state index contributed by atoms with van der Waals surface area (Å²) < 4.78 is 18.1. The molecule has 0 saturated carbocycles. The summed E-state index contributed by atoms with van der Waals surface area (Å²) in [5.41, 5.74) is 0.142. The van der Waals surface area contributed by atoms with Gasteiger partial charge in [-0.25, -0.2) is 9.37 Å². The molecule has 2 rings (SSSR count). The van der Waals surface area contributed by atoms with Gasteiger partial charge in [0.15, 0.2) is 5.82 Å². The van der Waals surface area contributed by atoms with E-state index < -0.39 is 11.7 Å². The average molecular weight is 293 g/mol. The Morgan fingerprint density at radius 1 is 1.48 bits per heavy atom. The zero-order valence-corrected chi connectivity index (χ0v) is 11.8. The van der Waals surface area contributed by atoms with Gasteiger partial charge in [-0.2, -0.15) is 4.98 Å². The van der Waals surface area contributed by atoms with E-state index in [1.165, 1.54) is 0 Å². The molecule has 0 aromatic carbocycles. The smallest absolute Gasteiger partial charge is 0.255 e. The monoisotopic (exact) mass is 293 g/mol. The second-order valence-corrected chi connectivity index (χ2v) is 4.39. The Morgan fingerprint density at radius 2 is 2.29 bits per heavy atom. The lowest BCUT2D eigenvalue weighted by Crippen LogP contribution is -2.25. The van der Waals surface area contributed by atoms with E-state index in [4.69, 9.17) is 4.52 Å². The number of pyridine rings is 1. The molecular formula is C13H16FN5O2. The maximum Gasteiger partial charge on any atom is 0.255 e. The average Bonchev–Trinajstić information content (AvgIpc) is 2.89. The largest absolute Gasteiger partial charge is 0.369 e. The highest BCUT2D eigenvalue weighted by molar-refractivity contribution is 5.98. The first-order chi connectivity index (χ1) is 10.1. The standard InChI is InChI=1S/C13H16FN5O2/c1-3-4-15-12-10(5-9(14)6-16-12)13(20)17-7-11-18-8(2)21-19-11/h5-6H,3-4,7H2,1-2H3,(H,15,16)(H,17,20). The summed E-state index contributed by atoms with van der Waals surface area (Å²) in [6.07, 6.45) is 1.93. The predicted octanol–water partition coefficient (Wildman–Crippen LogP) is 1.66. The first kappa shape index (κ1) is 14.9. The van der Waals surface area contributed by atoms with Crippen LogP contribution in [0.5, 0.6) is 0 Å². The maximum atomic E-state index is 13.3. The van der Waals surface area contributed by atoms with Gasteiger partial charge in [0, 0.05) is 13.5 Å². The number of aromatic nitrogens is 3. The summed E-state index contributed by atoms with van der Waals surface area (Å²) in [7, 11) is 0. The second kappa shape index (κ2) is 6.78. The summed E-state index contributed by atoms with van der Waals surface area (Å²) in [6, 6.07) is 1.14. The fourth-order valence-electron chi connectivity index (χ4n) is 1.66. The Balaban J connectivity index is 2.08. The minimum atomic E-state index is -0.572. The molecule has 21 heavy (non-hydrogen) atoms. The van der Waals surface area contributed by atoms with E-state index in [-0.39, 0.29) is 12.1 Å². The van der Waals surface area contributed by atoms with Crippen LogP contribution in [0.25, 0.3) is 0 Å². The van der Waals surface area contributed by atoms with Gasteiger partial charge in [-0.3, -0.25) is 4.79 Å². The van der Waals surface area contributed by atoms with E-state index in [1.807, 2.05) is 6.92 Å². The highest BCUT2D eigenvalue weighted by Gasteiger charge is 2.14. The van der Waals surface area contributed by atoms with Crippen LogP contribution in [0.3, 0.4) is 0 Å². The fraction of sp³-hybridized carbons (Fsp3) is 0.385. The van der Waals surface area contributed by atoms with Crippen molar-refractivity contribution in [3.8, 4) is 0 Å². The summed E-state index contributed by atoms with van der Waals surface area (Å²) in [4.78, 5) is 20.0. The molecule has 1 amide bonds. The highest BCUT2D eigenvalue weighted by atomic mass is 19.1. The van der Waals surface area contributed by atoms with Gasteiger partial charge in [-0.05, 0) is 12.5 Å². The molecule has 2 heterocycles. The van der Waals surface area contributed by atoms with Gasteiger partial charge in [-0.15, -0.1) is 0 Å². The van der Waals surface area contributed by atoms with Gasteiger partial charge in [0.1, 0.15) is 11.6 Å². The minimum Gasteiger partial charge on any atom is -0.369 e. The van der Waals surface area contributed by atoms with E-state index in [0.29, 0.717) is 24.1 Å². The van der Waals surface area contributed by atoms with Crippen molar-refractivity contribution in [2.75, 3.05) is 11.9 Å². The Morgan fingerprint density at radius 3 is 2.95 bits per heavy atom. The van der Waals surface area contributed by atoms with Crippen molar-refractivity contribution >= 4 is 11.7 Å². The number of anilines is 1. The van der Waals surface area contributed by atoms with Crippen LogP contribution in [0, 0.1) is 12.7 Å². The Bertz CT molecular complexity index is 629. The third kappa shape index (κ3) is 3.98. The number of halogens is 1. The van der Waals surface area contributed by atoms with Gasteiger partial charge in [-0.1, -0.05) is 12.1 Å². The summed E-state index contributed by atoms with van der Waals surface area (Å²) in [6.45, 7) is 4.37. The van der Waals surface area contributed by atoms with Gasteiger partial charge >= 0.3 is 0 Å². The van der Waals surface area contributed by atoms with Crippen molar-refractivity contribution in [2.24, 2.45) is 0 Å². The summed E-state index contributed by atoms with van der Waals surface area (Å²) in [5.74, 6) is 0.0888. The van der Waals surface area contributed by atoms with E-state index in [1.54, 1.807) is 6.92 Å². The zero-order valence-electron chi connectivity index (χ0n) is 11.8. The van der Waals surface area contributed by atoms with E-state index in [0.717, 1.165) is 18.7 Å². The number of rotatable bonds is 6. The first-order valence-electron chi connectivity index (χ1n) is 6.57. The molecule has 2 aromatic heterocycles. The molecule has 2 N–H and O–H groups in total. The number of hydrogen-bond acceptors (Lipinski definition) is 6. The molecule has 0 aliphatic carbocycles. The lowest BCUT2D eigenvalue weighted by molar-refractivity contribution is 0.0949. The lowest BCUT2D eigenvalue weighted by atomic mass is 10.2. The van der Waals surface area contributed by atoms with Crippen molar-refractivity contribution in [3.63, 3.8) is 0 Å². The number of nitrogens with one attached hydrogen (secondary N) is 2. The van der Waals surface area contributed by atoms with E-state index in [2.05, 4.69) is 25.8 Å². The third-order valence-corrected chi connectivity index (χ3v) is 2.62. The zero-order chi connectivity index (χ0) is 15.2. The van der Waals surface area contributed by atoms with Crippen molar-refractivity contribution in [1.82, 2.24) is 20.4 Å². The van der Waals surface area contributed by atoms with Gasteiger partial charge < -0.3 is 15.2 Å². The topological polar surface area (TPSA) is 92.9 Å². The molecule has 0 atom stereocenters. The van der Waals surface area contributed by atoms with E-state index >= 15 is 0 Å². The third-order valence-electron chi connectivity index (χ3n) is 2.62. The van der Waals surface area contributed by atoms with E-state index in [9.17, 15) is 9.18 Å². The van der Waals surface area contributed by atoms with Crippen LogP contribution in [-0.2, 0) is 6.54 Å². The molecule has 0 aliphatic rings. The van der Waals surface area contributed by atoms with Gasteiger partial charge in [0.2, 0.25) is 5.89 Å². The quantitative estimate of drug-likeness (QED) is 0.841. The van der Waals surface area contributed by atoms with Crippen molar-refractivity contribution in [3.05, 3.63) is 35.4 Å². The van der Waals surface area contributed by atoms with Crippen LogP contribution in [0.15, 0.2) is 16.8 Å². The molecule has 8 heteroatoms. The van der Waals surface area contributed by atoms with Crippen LogP contribution in [0.1, 0.15) is 35.4 Å². The van der Waals surface area contributed by atoms with Crippen molar-refractivity contribution < 1.29 is 13.7 Å². The molecule has 0 saturated heterocycles. The van der Waals surface area contributed by atoms with Crippen LogP contribution in [0.4, 0.5) is 10.2 Å². The maximum absolute atomic E-state index is 13.3. The molecule has 0 unspecified atom stereocenters. The second-order valence-electron chi connectivity index (χ2n) is 4.39. The van der Waals surface area contributed by atoms with Gasteiger partial charge in [0.25, 0.3) is 5.91 Å². The number of carbonyl (C=O) groups is 1. The summed E-state index contributed by atoms with van der Waals surface area (Å²) >= 11 is 0. The van der Waals surface area contributed by atoms with Crippen LogP contribution in [0.2, 0.25) is 0 Å². The van der Waals surface area contributed by atoms with Crippen LogP contribution >= 0.6 is 0 Å². The number of amides is 1. The number of nitrogens with zero attached hydrogens (tertiary/aromatic N) is 3. The first-order valence-corrected chi connectivity index (χ1v) is 6.57. The highest BCUT2D eigenvalue weighted by Crippen LogP contribution is 2.13. The molecule has 0 bridgehead atoms. The molecule has 2 aromatic rings. The van der Waals surface area contributed by atoms with Crippen LogP contribution < -0.4 is 10.6 Å². The van der Waals surface area contributed by atoms with Gasteiger partial charge in [0.05, 0.1) is 18.3 Å². The normalized spacial score (nSPS) is 10.4. The fourth-order valence-corrected chi connectivity index (χ4v) is 1.66. The molecule has 0 spiro atoms. The molecule has 0 radical (unpaired) electrons. The number of carbonyl (C=O) groups excluding carboxylic acids is 1. The SMILES string of the molecule is CCCNc1ncc(F)cc1C(=O)NCc1noc(C)n1. The van der Waals surface area contributed by atoms with Crippen molar-refractivity contribution in [2.45, 2.75) is 26.8 Å². The molecule has 7 nitrogen and oxygen atoms in total. The van der Waals surface area contributed by atoms with Crippen LogP contribution in [-0.4, -0.2) is 27.6 Å². The van der Waals surface area contributed by atoms with Crippen molar-refractivity contribution in [1.29, 1.82) is 0 Å². The predicted molar refractivity (Wildman–Crippen MR) is 73.2 cm³/mol. The molecule has 112 valence electrons. The molecular weight excluding hydrogens is 277 g/mol. The molecule has 0 aliphatic heterocycles. The lowest BCUT2D eigenvalue weighted by Gasteiger charge is -2.10. The number of aryl methyl sites for hydroxylation is 1. The Hall–Kier alpha value is -2.51.